The van der Waals surface area contributed by atoms with Gasteiger partial charge in [0, 0.05) is 18.2 Å². The van der Waals surface area contributed by atoms with Crippen molar-refractivity contribution in [2.75, 3.05) is 26.9 Å². The Hall–Kier alpha value is -0.520. The van der Waals surface area contributed by atoms with Gasteiger partial charge in [-0.15, -0.1) is 0 Å². The van der Waals surface area contributed by atoms with E-state index in [9.17, 15) is 5.11 Å². The summed E-state index contributed by atoms with van der Waals surface area (Å²) in [6.07, 6.45) is -0.575. The van der Waals surface area contributed by atoms with Crippen molar-refractivity contribution in [3.63, 3.8) is 0 Å². The molecule has 0 fully saturated rings. The van der Waals surface area contributed by atoms with Gasteiger partial charge in [-0.25, -0.2) is 0 Å². The van der Waals surface area contributed by atoms with Crippen molar-refractivity contribution in [1.82, 2.24) is 0 Å². The van der Waals surface area contributed by atoms with Gasteiger partial charge in [0.2, 0.25) is 0 Å². The minimum absolute atomic E-state index is 0.177. The third kappa shape index (κ3) is 6.45. The lowest BCUT2D eigenvalue weighted by molar-refractivity contribution is -0.693. The molecule has 4 nitrogen and oxygen atoms in total. The summed E-state index contributed by atoms with van der Waals surface area (Å²) in [5.41, 5.74) is 0. The van der Waals surface area contributed by atoms with Gasteiger partial charge in [0.15, 0.2) is 0 Å². The predicted octanol–water partition coefficient (Wildman–Crippen LogP) is 1.33. The first-order valence-electron chi connectivity index (χ1n) is 6.11. The maximum atomic E-state index is 9.81. The van der Waals surface area contributed by atoms with Crippen LogP contribution in [0.2, 0.25) is 10.0 Å². The molecule has 0 bridgehead atoms. The van der Waals surface area contributed by atoms with Crippen molar-refractivity contribution in [3.05, 3.63) is 28.2 Å². The quantitative estimate of drug-likeness (QED) is 0.762. The molecule has 0 aromatic heterocycles. The number of quaternary nitrogens is 1. The molecule has 2 atom stereocenters. The number of hydrogen-bond acceptors (Lipinski definition) is 3. The third-order valence-electron chi connectivity index (χ3n) is 2.56. The maximum Gasteiger partial charge on any atom is 0.139 e. The van der Waals surface area contributed by atoms with E-state index in [1.807, 2.05) is 12.2 Å². The second-order valence-electron chi connectivity index (χ2n) is 4.44. The van der Waals surface area contributed by atoms with Gasteiger partial charge < -0.3 is 19.9 Å². The Morgan fingerprint density at radius 2 is 2.05 bits per heavy atom. The molecule has 0 amide bonds. The van der Waals surface area contributed by atoms with Crippen LogP contribution >= 0.6 is 23.2 Å². The van der Waals surface area contributed by atoms with Crippen molar-refractivity contribution in [1.29, 1.82) is 0 Å². The monoisotopic (exact) mass is 308 g/mol. The summed E-state index contributed by atoms with van der Waals surface area (Å²) in [5.74, 6) is 0.484. The Balaban J connectivity index is 2.33. The lowest BCUT2D eigenvalue weighted by Crippen LogP contribution is -2.92. The number of ether oxygens (including phenoxy) is 2. The first-order valence-corrected chi connectivity index (χ1v) is 6.86. The maximum absolute atomic E-state index is 9.81. The molecule has 0 aliphatic heterocycles. The number of aliphatic hydroxyl groups is 1. The molecule has 0 unspecified atom stereocenters. The van der Waals surface area contributed by atoms with E-state index < -0.39 is 6.10 Å². The second-order valence-corrected chi connectivity index (χ2v) is 5.29. The Bertz CT molecular complexity index is 390. The van der Waals surface area contributed by atoms with Crippen LogP contribution in [-0.4, -0.2) is 44.1 Å². The summed E-state index contributed by atoms with van der Waals surface area (Å²) in [6.45, 7) is 3.40. The van der Waals surface area contributed by atoms with Crippen LogP contribution in [0.5, 0.6) is 5.75 Å². The highest BCUT2D eigenvalue weighted by atomic mass is 35.5. The largest absolute Gasteiger partial charge is 0.489 e. The summed E-state index contributed by atoms with van der Waals surface area (Å²) in [5, 5.41) is 12.9. The fourth-order valence-electron chi connectivity index (χ4n) is 1.56. The number of benzene rings is 1. The van der Waals surface area contributed by atoms with E-state index in [1.54, 1.807) is 25.3 Å². The summed E-state index contributed by atoms with van der Waals surface area (Å²) >= 11 is 11.8. The topological polar surface area (TPSA) is 55.3 Å². The summed E-state index contributed by atoms with van der Waals surface area (Å²) in [7, 11) is 1.66. The van der Waals surface area contributed by atoms with E-state index in [0.717, 1.165) is 0 Å². The number of methoxy groups -OCH3 is 1. The summed E-state index contributed by atoms with van der Waals surface area (Å²) in [6, 6.07) is 5.29. The van der Waals surface area contributed by atoms with Gasteiger partial charge in [-0.1, -0.05) is 23.2 Å². The molecule has 0 saturated carbocycles. The first kappa shape index (κ1) is 16.5. The molecule has 19 heavy (non-hydrogen) atoms. The van der Waals surface area contributed by atoms with Crippen LogP contribution in [-0.2, 0) is 4.74 Å². The van der Waals surface area contributed by atoms with E-state index >= 15 is 0 Å². The number of hydrogen-bond donors (Lipinski definition) is 2. The molecule has 0 radical (unpaired) electrons. The Morgan fingerprint density at radius 1 is 1.32 bits per heavy atom. The molecular formula is C13H20Cl2NO3+. The molecule has 3 N–H and O–H groups in total. The molecule has 0 saturated heterocycles. The standard InChI is InChI=1S/C13H19Cl2NO3/c1-9(7-18-2)16-6-11(17)8-19-13-5-10(14)3-4-12(13)15/h3-5,9,11,16-17H,6-8H2,1-2H3/p+1/t9-,11-/m0/s1. The SMILES string of the molecule is COC[C@H](C)[NH2+]C[C@H](O)COc1cc(Cl)ccc1Cl. The average Bonchev–Trinajstić information content (AvgIpc) is 2.38. The summed E-state index contributed by atoms with van der Waals surface area (Å²) < 4.78 is 10.5. The van der Waals surface area contributed by atoms with Crippen LogP contribution < -0.4 is 10.1 Å². The summed E-state index contributed by atoms with van der Waals surface area (Å²) in [4.78, 5) is 0. The molecule has 6 heteroatoms. The highest BCUT2D eigenvalue weighted by molar-refractivity contribution is 6.34. The van der Waals surface area contributed by atoms with E-state index in [2.05, 4.69) is 0 Å². The van der Waals surface area contributed by atoms with Crippen LogP contribution in [0.4, 0.5) is 0 Å². The van der Waals surface area contributed by atoms with Crippen molar-refractivity contribution >= 4 is 23.2 Å². The van der Waals surface area contributed by atoms with Gasteiger partial charge in [-0.05, 0) is 19.1 Å². The third-order valence-corrected chi connectivity index (χ3v) is 3.11. The zero-order valence-electron chi connectivity index (χ0n) is 11.1. The predicted molar refractivity (Wildman–Crippen MR) is 76.1 cm³/mol. The molecule has 0 aliphatic carbocycles. The number of aliphatic hydroxyl groups excluding tert-OH is 1. The lowest BCUT2D eigenvalue weighted by Gasteiger charge is -2.15. The Kier molecular flexibility index (Phi) is 7.49. The molecule has 108 valence electrons. The molecule has 1 rings (SSSR count). The number of rotatable bonds is 8. The van der Waals surface area contributed by atoms with Gasteiger partial charge in [-0.3, -0.25) is 0 Å². The van der Waals surface area contributed by atoms with Gasteiger partial charge in [0.1, 0.15) is 31.0 Å². The van der Waals surface area contributed by atoms with Crippen molar-refractivity contribution < 1.29 is 19.9 Å². The van der Waals surface area contributed by atoms with Gasteiger partial charge in [0.05, 0.1) is 11.6 Å². The number of halogens is 2. The van der Waals surface area contributed by atoms with Crippen LogP contribution in [0.1, 0.15) is 6.92 Å². The first-order chi connectivity index (χ1) is 9.02. The Morgan fingerprint density at radius 3 is 2.74 bits per heavy atom. The minimum Gasteiger partial charge on any atom is -0.489 e. The molecule has 0 spiro atoms. The smallest absolute Gasteiger partial charge is 0.139 e. The van der Waals surface area contributed by atoms with Crippen molar-refractivity contribution in [2.24, 2.45) is 0 Å². The highest BCUT2D eigenvalue weighted by Gasteiger charge is 2.12. The number of nitrogens with two attached hydrogens (primary N) is 1. The van der Waals surface area contributed by atoms with Crippen LogP contribution in [0, 0.1) is 0 Å². The molecule has 1 aromatic carbocycles. The normalized spacial score (nSPS) is 14.2. The van der Waals surface area contributed by atoms with Crippen LogP contribution in [0.3, 0.4) is 0 Å². The van der Waals surface area contributed by atoms with Crippen molar-refractivity contribution in [3.8, 4) is 5.75 Å². The van der Waals surface area contributed by atoms with E-state index in [0.29, 0.717) is 35.0 Å². The molecule has 0 heterocycles. The average molecular weight is 309 g/mol. The van der Waals surface area contributed by atoms with E-state index in [1.165, 1.54) is 0 Å². The zero-order valence-corrected chi connectivity index (χ0v) is 12.6. The van der Waals surface area contributed by atoms with Gasteiger partial charge in [0.25, 0.3) is 0 Å². The fraction of sp³-hybridized carbons (Fsp3) is 0.538. The van der Waals surface area contributed by atoms with Gasteiger partial charge >= 0.3 is 0 Å². The molecular weight excluding hydrogens is 289 g/mol. The minimum atomic E-state index is -0.575. The van der Waals surface area contributed by atoms with Crippen LogP contribution in [0.25, 0.3) is 0 Å². The fourth-order valence-corrected chi connectivity index (χ4v) is 1.90. The second kappa shape index (κ2) is 8.61. The van der Waals surface area contributed by atoms with Crippen LogP contribution in [0.15, 0.2) is 18.2 Å². The van der Waals surface area contributed by atoms with Crippen molar-refractivity contribution in [2.45, 2.75) is 19.1 Å². The highest BCUT2D eigenvalue weighted by Crippen LogP contribution is 2.27. The zero-order chi connectivity index (χ0) is 14.3. The molecule has 0 aliphatic rings. The van der Waals surface area contributed by atoms with Gasteiger partial charge in [-0.2, -0.15) is 0 Å². The van der Waals surface area contributed by atoms with E-state index in [4.69, 9.17) is 32.7 Å². The molecule has 1 aromatic rings. The lowest BCUT2D eigenvalue weighted by atomic mass is 10.3. The van der Waals surface area contributed by atoms with E-state index in [-0.39, 0.29) is 6.61 Å². The Labute approximate surface area is 123 Å².